The molecule has 0 aliphatic carbocycles. The quantitative estimate of drug-likeness (QED) is 0.523. The Hall–Kier alpha value is -3.13. The van der Waals surface area contributed by atoms with Crippen molar-refractivity contribution in [3.8, 4) is 0 Å². The number of esters is 1. The smallest absolute Gasteiger partial charge is 0.411 e. The second-order valence-electron chi connectivity index (χ2n) is 5.66. The van der Waals surface area contributed by atoms with Gasteiger partial charge in [-0.05, 0) is 43.0 Å². The van der Waals surface area contributed by atoms with E-state index >= 15 is 0 Å². The molecule has 0 spiro atoms. The van der Waals surface area contributed by atoms with Crippen molar-refractivity contribution in [2.24, 2.45) is 0 Å². The Bertz CT molecular complexity index is 1050. The lowest BCUT2D eigenvalue weighted by molar-refractivity contribution is 0.0479. The van der Waals surface area contributed by atoms with Gasteiger partial charge in [-0.2, -0.15) is 0 Å². The minimum Gasteiger partial charge on any atom is -0.457 e. The van der Waals surface area contributed by atoms with E-state index in [0.717, 1.165) is 5.56 Å². The lowest BCUT2D eigenvalue weighted by Crippen LogP contribution is -2.13. The van der Waals surface area contributed by atoms with Gasteiger partial charge in [0.25, 0.3) is 0 Å². The number of anilines is 1. The highest BCUT2D eigenvalue weighted by Crippen LogP contribution is 2.23. The summed E-state index contributed by atoms with van der Waals surface area (Å²) in [7, 11) is 0. The van der Waals surface area contributed by atoms with Crippen LogP contribution in [0.25, 0.3) is 11.0 Å². The van der Waals surface area contributed by atoms with Crippen LogP contribution in [-0.2, 0) is 16.1 Å². The fraction of sp³-hybridized carbons (Fsp3) is 0.211. The van der Waals surface area contributed by atoms with Crippen molar-refractivity contribution in [1.29, 1.82) is 0 Å². The van der Waals surface area contributed by atoms with Crippen molar-refractivity contribution in [2.75, 3.05) is 11.9 Å². The third-order valence-corrected chi connectivity index (χ3v) is 4.75. The molecule has 27 heavy (non-hydrogen) atoms. The van der Waals surface area contributed by atoms with E-state index in [1.54, 1.807) is 19.1 Å². The number of rotatable bonds is 5. The topological polar surface area (TPSA) is 94.8 Å². The number of aryl methyl sites for hydroxylation is 1. The second kappa shape index (κ2) is 8.05. The highest BCUT2D eigenvalue weighted by Gasteiger charge is 2.14. The molecule has 3 rings (SSSR count). The molecule has 2 aromatic heterocycles. The van der Waals surface area contributed by atoms with Crippen molar-refractivity contribution in [3.05, 3.63) is 62.1 Å². The van der Waals surface area contributed by atoms with E-state index in [0.29, 0.717) is 21.5 Å². The van der Waals surface area contributed by atoms with E-state index in [4.69, 9.17) is 13.9 Å². The molecule has 0 radical (unpaired) electrons. The Kier molecular flexibility index (Phi) is 5.56. The number of hydrogen-bond acceptors (Lipinski definition) is 7. The highest BCUT2D eigenvalue weighted by molar-refractivity contribution is 7.12. The minimum atomic E-state index is -0.601. The summed E-state index contributed by atoms with van der Waals surface area (Å²) in [5.41, 5.74) is 1.49. The summed E-state index contributed by atoms with van der Waals surface area (Å²) in [4.78, 5) is 36.1. The zero-order chi connectivity index (χ0) is 19.4. The van der Waals surface area contributed by atoms with Crippen molar-refractivity contribution in [2.45, 2.75) is 20.5 Å². The van der Waals surface area contributed by atoms with E-state index in [9.17, 15) is 14.4 Å². The molecule has 1 amide bonds. The van der Waals surface area contributed by atoms with Crippen LogP contribution in [0, 0.1) is 6.92 Å². The first-order valence-electron chi connectivity index (χ1n) is 8.19. The monoisotopic (exact) mass is 387 g/mol. The zero-order valence-electron chi connectivity index (χ0n) is 14.7. The molecule has 0 atom stereocenters. The zero-order valence-corrected chi connectivity index (χ0v) is 15.6. The Morgan fingerprint density at radius 3 is 2.70 bits per heavy atom. The predicted molar refractivity (Wildman–Crippen MR) is 101 cm³/mol. The van der Waals surface area contributed by atoms with Gasteiger partial charge in [0.1, 0.15) is 17.1 Å². The maximum atomic E-state index is 12.2. The van der Waals surface area contributed by atoms with Crippen molar-refractivity contribution < 1.29 is 23.5 Å². The van der Waals surface area contributed by atoms with E-state index in [1.807, 2.05) is 18.4 Å². The average molecular weight is 387 g/mol. The number of benzene rings is 1. The second-order valence-corrected chi connectivity index (χ2v) is 6.57. The number of ether oxygens (including phenoxy) is 2. The van der Waals surface area contributed by atoms with E-state index < -0.39 is 17.7 Å². The van der Waals surface area contributed by atoms with Crippen LogP contribution in [0.4, 0.5) is 10.5 Å². The average Bonchev–Trinajstić information content (AvgIpc) is 3.05. The van der Waals surface area contributed by atoms with E-state index in [2.05, 4.69) is 5.32 Å². The van der Waals surface area contributed by atoms with Crippen LogP contribution in [-0.4, -0.2) is 18.7 Å². The third kappa shape index (κ3) is 4.35. The molecule has 0 saturated heterocycles. The summed E-state index contributed by atoms with van der Waals surface area (Å²) < 4.78 is 15.4. The number of thiophene rings is 1. The lowest BCUT2D eigenvalue weighted by atomic mass is 10.1. The summed E-state index contributed by atoms with van der Waals surface area (Å²) in [5.74, 6) is -0.440. The number of carbonyl (C=O) groups is 2. The van der Waals surface area contributed by atoms with E-state index in [-0.39, 0.29) is 18.8 Å². The van der Waals surface area contributed by atoms with Crippen LogP contribution in [0.1, 0.15) is 27.7 Å². The molecule has 0 aliphatic rings. The van der Waals surface area contributed by atoms with Crippen LogP contribution in [0.3, 0.4) is 0 Å². The Labute approximate surface area is 158 Å². The summed E-state index contributed by atoms with van der Waals surface area (Å²) in [6.45, 7) is 3.71. The van der Waals surface area contributed by atoms with Gasteiger partial charge < -0.3 is 13.9 Å². The Balaban J connectivity index is 1.83. The minimum absolute atomic E-state index is 0.0665. The summed E-state index contributed by atoms with van der Waals surface area (Å²) in [6.07, 6.45) is -0.601. The molecule has 8 heteroatoms. The Morgan fingerprint density at radius 1 is 1.19 bits per heavy atom. The van der Waals surface area contributed by atoms with Gasteiger partial charge in [0, 0.05) is 28.8 Å². The normalized spacial score (nSPS) is 10.6. The van der Waals surface area contributed by atoms with Crippen molar-refractivity contribution in [1.82, 2.24) is 0 Å². The molecule has 140 valence electrons. The Morgan fingerprint density at radius 2 is 2.00 bits per heavy atom. The largest absolute Gasteiger partial charge is 0.457 e. The number of nitrogens with one attached hydrogen (secondary N) is 1. The number of hydrogen-bond donors (Lipinski definition) is 1. The fourth-order valence-electron chi connectivity index (χ4n) is 2.50. The first kappa shape index (κ1) is 18.7. The van der Waals surface area contributed by atoms with Gasteiger partial charge >= 0.3 is 17.7 Å². The van der Waals surface area contributed by atoms with Gasteiger partial charge in [-0.1, -0.05) is 0 Å². The number of carbonyl (C=O) groups excluding carboxylic acids is 2. The maximum absolute atomic E-state index is 12.2. The molecule has 0 bridgehead atoms. The van der Waals surface area contributed by atoms with Crippen LogP contribution in [0.5, 0.6) is 0 Å². The molecule has 0 fully saturated rings. The van der Waals surface area contributed by atoms with Gasteiger partial charge in [-0.3, -0.25) is 5.32 Å². The van der Waals surface area contributed by atoms with Gasteiger partial charge in [-0.25, -0.2) is 14.4 Å². The first-order valence-corrected chi connectivity index (χ1v) is 9.07. The molecule has 1 N–H and O–H groups in total. The number of amides is 1. The van der Waals surface area contributed by atoms with Crippen LogP contribution in [0.15, 0.2) is 44.9 Å². The number of fused-ring (bicyclic) bond motifs is 1. The molecule has 0 unspecified atom stereocenters. The molecular weight excluding hydrogens is 370 g/mol. The van der Waals surface area contributed by atoms with Gasteiger partial charge in [0.2, 0.25) is 0 Å². The predicted octanol–water partition coefficient (Wildman–Crippen LogP) is 4.09. The molecule has 2 heterocycles. The van der Waals surface area contributed by atoms with Crippen LogP contribution < -0.4 is 10.9 Å². The summed E-state index contributed by atoms with van der Waals surface area (Å²) in [5, 5.41) is 4.97. The third-order valence-electron chi connectivity index (χ3n) is 3.76. The highest BCUT2D eigenvalue weighted by atomic mass is 32.1. The van der Waals surface area contributed by atoms with Crippen molar-refractivity contribution >= 4 is 40.1 Å². The summed E-state index contributed by atoms with van der Waals surface area (Å²) in [6, 6.07) is 7.97. The summed E-state index contributed by atoms with van der Waals surface area (Å²) >= 11 is 1.30. The molecule has 3 aromatic rings. The van der Waals surface area contributed by atoms with Crippen LogP contribution in [0.2, 0.25) is 0 Å². The van der Waals surface area contributed by atoms with E-state index in [1.165, 1.54) is 23.5 Å². The SMILES string of the molecule is CCOC(=O)Nc1ccc2c(COC(=O)c3sccc3C)cc(=O)oc2c1. The van der Waals surface area contributed by atoms with Crippen LogP contribution >= 0.6 is 11.3 Å². The standard InChI is InChI=1S/C19H17NO6S/c1-3-24-19(23)20-13-4-5-14-12(8-16(21)26-15(14)9-13)10-25-18(22)17-11(2)6-7-27-17/h4-9H,3,10H2,1-2H3,(H,20,23). The first-order chi connectivity index (χ1) is 13.0. The molecule has 0 aliphatic heterocycles. The molecule has 7 nitrogen and oxygen atoms in total. The molecular formula is C19H17NO6S. The van der Waals surface area contributed by atoms with Gasteiger partial charge in [0.05, 0.1) is 6.61 Å². The lowest BCUT2D eigenvalue weighted by Gasteiger charge is -2.09. The molecule has 1 aromatic carbocycles. The van der Waals surface area contributed by atoms with Gasteiger partial charge in [-0.15, -0.1) is 11.3 Å². The van der Waals surface area contributed by atoms with Crippen molar-refractivity contribution in [3.63, 3.8) is 0 Å². The maximum Gasteiger partial charge on any atom is 0.411 e. The van der Waals surface area contributed by atoms with Gasteiger partial charge in [0.15, 0.2) is 0 Å². The molecule has 0 saturated carbocycles. The fourth-order valence-corrected chi connectivity index (χ4v) is 3.32.